The number of fused-ring (bicyclic) bond motifs is 14. The van der Waals surface area contributed by atoms with Gasteiger partial charge in [0.25, 0.3) is 0 Å². The van der Waals surface area contributed by atoms with Crippen LogP contribution in [0.25, 0.3) is 115 Å². The average molecular weight is 751 g/mol. The van der Waals surface area contributed by atoms with Crippen molar-refractivity contribution in [2.24, 2.45) is 0 Å². The Morgan fingerprint density at radius 2 is 0.729 bits per heavy atom. The Bertz CT molecular complexity index is 3810. The molecule has 0 aliphatic heterocycles. The molecule has 0 unspecified atom stereocenters. The minimum atomic E-state index is 0.984. The van der Waals surface area contributed by atoms with Crippen molar-refractivity contribution in [1.82, 2.24) is 18.7 Å². The van der Waals surface area contributed by atoms with Crippen LogP contribution in [-0.2, 0) is 0 Å². The highest BCUT2D eigenvalue weighted by Crippen LogP contribution is 2.44. The molecule has 13 aromatic rings. The van der Waals surface area contributed by atoms with Crippen molar-refractivity contribution >= 4 is 87.1 Å². The van der Waals surface area contributed by atoms with Crippen LogP contribution in [0.5, 0.6) is 0 Å². The first kappa shape index (κ1) is 32.2. The number of rotatable bonds is 4. The summed E-state index contributed by atoms with van der Waals surface area (Å²) in [7, 11) is 0. The molecule has 0 aliphatic rings. The van der Waals surface area contributed by atoms with Gasteiger partial charge >= 0.3 is 0 Å². The number of benzene rings is 9. The van der Waals surface area contributed by atoms with Gasteiger partial charge in [0.05, 0.1) is 44.3 Å². The van der Waals surface area contributed by atoms with E-state index in [1.54, 1.807) is 0 Å². The molecule has 0 spiro atoms. The van der Waals surface area contributed by atoms with E-state index in [0.717, 1.165) is 44.6 Å². The predicted octanol–water partition coefficient (Wildman–Crippen LogP) is 14.3. The van der Waals surface area contributed by atoms with Gasteiger partial charge in [0, 0.05) is 71.1 Å². The summed E-state index contributed by atoms with van der Waals surface area (Å²) in [5.41, 5.74) is 13.6. The van der Waals surface area contributed by atoms with Gasteiger partial charge in [-0.05, 0) is 66.7 Å². The summed E-state index contributed by atoms with van der Waals surface area (Å²) in [6.45, 7) is 0. The molecule has 0 radical (unpaired) electrons. The largest absolute Gasteiger partial charge is 0.309 e. The van der Waals surface area contributed by atoms with Crippen molar-refractivity contribution in [2.75, 3.05) is 0 Å². The van der Waals surface area contributed by atoms with Gasteiger partial charge in [-0.1, -0.05) is 140 Å². The second kappa shape index (κ2) is 12.3. The van der Waals surface area contributed by atoms with E-state index < -0.39 is 0 Å². The highest BCUT2D eigenvalue weighted by Gasteiger charge is 2.22. The molecule has 4 heterocycles. The van der Waals surface area contributed by atoms with E-state index in [1.165, 1.54) is 70.8 Å². The minimum absolute atomic E-state index is 0.984. The maximum Gasteiger partial charge on any atom is 0.0788 e. The van der Waals surface area contributed by atoms with E-state index in [9.17, 15) is 0 Å². The average Bonchev–Trinajstić information content (AvgIpc) is 3.95. The lowest BCUT2D eigenvalue weighted by Crippen LogP contribution is -1.99. The molecule has 0 atom stereocenters. The fourth-order valence-corrected chi connectivity index (χ4v) is 9.96. The smallest absolute Gasteiger partial charge is 0.0788 e. The maximum atomic E-state index is 5.41. The fraction of sp³-hybridized carbons (Fsp3) is 0. The van der Waals surface area contributed by atoms with Gasteiger partial charge in [-0.25, -0.2) is 4.98 Å². The van der Waals surface area contributed by atoms with Crippen LogP contribution in [0.3, 0.4) is 0 Å². The van der Waals surface area contributed by atoms with Crippen LogP contribution >= 0.6 is 0 Å². The Labute approximate surface area is 339 Å². The number of aromatic nitrogens is 4. The first-order valence-corrected chi connectivity index (χ1v) is 20.2. The third-order valence-corrected chi connectivity index (χ3v) is 12.4. The van der Waals surface area contributed by atoms with Crippen molar-refractivity contribution in [2.45, 2.75) is 0 Å². The van der Waals surface area contributed by atoms with Gasteiger partial charge in [-0.3, -0.25) is 0 Å². The first-order chi connectivity index (χ1) is 29.3. The summed E-state index contributed by atoms with van der Waals surface area (Å²) in [4.78, 5) is 5.41. The maximum absolute atomic E-state index is 5.41. The normalized spacial score (nSPS) is 12.1. The molecule has 0 N–H and O–H groups in total. The molecule has 4 aromatic heterocycles. The highest BCUT2D eigenvalue weighted by atomic mass is 15.0. The molecule has 0 amide bonds. The molecule has 4 nitrogen and oxygen atoms in total. The first-order valence-electron chi connectivity index (χ1n) is 20.2. The zero-order valence-corrected chi connectivity index (χ0v) is 31.9. The Kier molecular flexibility index (Phi) is 6.69. The molecule has 0 fully saturated rings. The second-order valence-corrected chi connectivity index (χ2v) is 15.5. The third-order valence-electron chi connectivity index (χ3n) is 12.4. The summed E-state index contributed by atoms with van der Waals surface area (Å²) in [6, 6.07) is 74.7. The Balaban J connectivity index is 1.08. The van der Waals surface area contributed by atoms with Crippen LogP contribution in [0.1, 0.15) is 0 Å². The number of nitrogens with zero attached hydrogens (tertiary/aromatic N) is 4. The van der Waals surface area contributed by atoms with E-state index in [1.807, 2.05) is 0 Å². The van der Waals surface area contributed by atoms with E-state index in [2.05, 4.69) is 220 Å². The molecular weight excluding hydrogens is 717 g/mol. The van der Waals surface area contributed by atoms with Gasteiger partial charge in [0.15, 0.2) is 0 Å². The van der Waals surface area contributed by atoms with Crippen LogP contribution in [0.4, 0.5) is 0 Å². The predicted molar refractivity (Wildman–Crippen MR) is 248 cm³/mol. The summed E-state index contributed by atoms with van der Waals surface area (Å²) >= 11 is 0. The molecule has 0 saturated heterocycles. The standard InChI is InChI=1S/C55H34N4/c1-3-15-36(16-4-1)57-49-26-14-10-22-44(49)52-50(57)34-33-45-51(52)43-21-7-11-23-46(43)56-53(45)35-27-29-38(30-28-35)59-48-25-13-9-20-40(48)42-32-31-41-39-19-8-12-24-47(39)58(54(41)55(42)59)37-17-5-2-6-18-37/h1-34H. The van der Waals surface area contributed by atoms with Crippen LogP contribution in [-0.4, -0.2) is 18.7 Å². The Hall–Kier alpha value is -7.95. The molecule has 0 aliphatic carbocycles. The molecule has 0 saturated carbocycles. The summed E-state index contributed by atoms with van der Waals surface area (Å²) in [5, 5.41) is 11.0. The summed E-state index contributed by atoms with van der Waals surface area (Å²) in [6.07, 6.45) is 0. The van der Waals surface area contributed by atoms with Gasteiger partial charge < -0.3 is 13.7 Å². The van der Waals surface area contributed by atoms with Crippen LogP contribution in [0.2, 0.25) is 0 Å². The number of pyridine rings is 1. The van der Waals surface area contributed by atoms with Gasteiger partial charge in [-0.15, -0.1) is 0 Å². The highest BCUT2D eigenvalue weighted by molar-refractivity contribution is 6.29. The van der Waals surface area contributed by atoms with Gasteiger partial charge in [0.2, 0.25) is 0 Å². The summed E-state index contributed by atoms with van der Waals surface area (Å²) in [5.74, 6) is 0. The molecule has 274 valence electrons. The van der Waals surface area contributed by atoms with Crippen LogP contribution in [0.15, 0.2) is 206 Å². The minimum Gasteiger partial charge on any atom is -0.309 e. The van der Waals surface area contributed by atoms with Crippen LogP contribution < -0.4 is 0 Å². The zero-order chi connectivity index (χ0) is 38.6. The van der Waals surface area contributed by atoms with Crippen molar-refractivity contribution in [3.05, 3.63) is 206 Å². The van der Waals surface area contributed by atoms with E-state index in [-0.39, 0.29) is 0 Å². The van der Waals surface area contributed by atoms with E-state index >= 15 is 0 Å². The molecule has 9 aromatic carbocycles. The molecule has 4 heteroatoms. The van der Waals surface area contributed by atoms with Crippen LogP contribution in [0, 0.1) is 0 Å². The van der Waals surface area contributed by atoms with Crippen molar-refractivity contribution < 1.29 is 0 Å². The topological polar surface area (TPSA) is 27.7 Å². The second-order valence-electron chi connectivity index (χ2n) is 15.5. The lowest BCUT2D eigenvalue weighted by molar-refractivity contribution is 1.15. The van der Waals surface area contributed by atoms with Gasteiger partial charge in [-0.2, -0.15) is 0 Å². The Morgan fingerprint density at radius 1 is 0.271 bits per heavy atom. The Morgan fingerprint density at radius 3 is 1.34 bits per heavy atom. The summed E-state index contributed by atoms with van der Waals surface area (Å²) < 4.78 is 7.30. The quantitative estimate of drug-likeness (QED) is 0.165. The fourth-order valence-electron chi connectivity index (χ4n) is 9.96. The van der Waals surface area contributed by atoms with Crippen molar-refractivity contribution in [3.8, 4) is 28.3 Å². The zero-order valence-electron chi connectivity index (χ0n) is 31.9. The van der Waals surface area contributed by atoms with E-state index in [0.29, 0.717) is 0 Å². The third kappa shape index (κ3) is 4.51. The van der Waals surface area contributed by atoms with Crippen molar-refractivity contribution in [1.29, 1.82) is 0 Å². The number of hydrogen-bond donors (Lipinski definition) is 0. The molecular formula is C55H34N4. The lowest BCUT2D eigenvalue weighted by Gasteiger charge is -2.14. The van der Waals surface area contributed by atoms with Gasteiger partial charge in [0.1, 0.15) is 0 Å². The molecule has 13 rings (SSSR count). The monoisotopic (exact) mass is 750 g/mol. The van der Waals surface area contributed by atoms with E-state index in [4.69, 9.17) is 4.98 Å². The van der Waals surface area contributed by atoms with Crippen molar-refractivity contribution in [3.63, 3.8) is 0 Å². The lowest BCUT2D eigenvalue weighted by atomic mass is 9.96. The molecule has 0 bridgehead atoms. The number of hydrogen-bond acceptors (Lipinski definition) is 1. The number of para-hydroxylation sites is 6. The SMILES string of the molecule is c1ccc(-n2c3ccccc3c3c4c(ccc32)c(-c2ccc(-n3c5ccccc5c5ccc6c7ccccc7n(-c7ccccc7)c6c53)cc2)nc2ccccc24)cc1. The molecule has 59 heavy (non-hydrogen) atoms.